The number of aliphatic hydroxyl groups excluding tert-OH is 1. The van der Waals surface area contributed by atoms with E-state index in [2.05, 4.69) is 12.2 Å². The van der Waals surface area contributed by atoms with Crippen molar-refractivity contribution in [3.8, 4) is 0 Å². The fourth-order valence-corrected chi connectivity index (χ4v) is 0.345. The highest BCUT2D eigenvalue weighted by Crippen LogP contribution is 1.82. The van der Waals surface area contributed by atoms with Gasteiger partial charge >= 0.3 is 0 Å². The lowest BCUT2D eigenvalue weighted by molar-refractivity contribution is 0.262. The summed E-state index contributed by atoms with van der Waals surface area (Å²) in [5, 5.41) is 8.58. The molecule has 0 radical (unpaired) electrons. The lowest BCUT2D eigenvalue weighted by Crippen LogP contribution is -2.06. The van der Waals surface area contributed by atoms with Crippen molar-refractivity contribution in [1.29, 1.82) is 0 Å². The van der Waals surface area contributed by atoms with Gasteiger partial charge in [-0.2, -0.15) is 0 Å². The second kappa shape index (κ2) is 5.00. The highest BCUT2D eigenvalue weighted by Gasteiger charge is 1.89. The van der Waals surface area contributed by atoms with Crippen LogP contribution in [-0.2, 0) is 4.74 Å². The molecule has 0 bridgehead atoms. The van der Waals surface area contributed by atoms with Gasteiger partial charge in [-0.15, -0.1) is 0 Å². The van der Waals surface area contributed by atoms with Gasteiger partial charge in [-0.3, -0.25) is 0 Å². The minimum absolute atomic E-state index is 0.144. The number of hydrogen-bond donors (Lipinski definition) is 1. The van der Waals surface area contributed by atoms with Gasteiger partial charge in [-0.25, -0.2) is 0 Å². The molecule has 1 N–H and O–H groups in total. The predicted molar refractivity (Wildman–Crippen MR) is 35.9 cm³/mol. The van der Waals surface area contributed by atoms with Gasteiger partial charge in [0.25, 0.3) is 0 Å². The monoisotopic (exact) mass is 134 g/mol. The van der Waals surface area contributed by atoms with Crippen LogP contribution in [0, 0.1) is 0 Å². The Morgan fingerprint density at radius 1 is 1.75 bits per heavy atom. The molecule has 8 heavy (non-hydrogen) atoms. The summed E-state index contributed by atoms with van der Waals surface area (Å²) in [4.78, 5) is 0. The van der Waals surface area contributed by atoms with Gasteiger partial charge in [-0.05, 0) is 18.6 Å². The molecule has 0 aliphatic carbocycles. The maximum Gasteiger partial charge on any atom is 0.185 e. The first-order valence-electron chi connectivity index (χ1n) is 2.57. The van der Waals surface area contributed by atoms with Crippen LogP contribution in [0.5, 0.6) is 0 Å². The van der Waals surface area contributed by atoms with Gasteiger partial charge in [0, 0.05) is 0 Å². The number of thiocarbonyl (C=S) groups is 1. The maximum absolute atomic E-state index is 8.30. The molecule has 0 aromatic carbocycles. The van der Waals surface area contributed by atoms with Crippen molar-refractivity contribution in [2.45, 2.75) is 13.3 Å². The third-order valence-corrected chi connectivity index (χ3v) is 0.843. The first-order valence-corrected chi connectivity index (χ1v) is 2.98. The van der Waals surface area contributed by atoms with Crippen LogP contribution in [0.2, 0.25) is 0 Å². The third kappa shape index (κ3) is 4.02. The standard InChI is InChI=1S/C5H10O2S/c1-2-3-7-5(8)4-6/h6H,2-4H2,1H3. The van der Waals surface area contributed by atoms with E-state index in [0.29, 0.717) is 6.61 Å². The largest absolute Gasteiger partial charge is 0.485 e. The zero-order valence-electron chi connectivity index (χ0n) is 4.89. The molecule has 0 heterocycles. The van der Waals surface area contributed by atoms with Crippen molar-refractivity contribution >= 4 is 17.3 Å². The second-order valence-corrected chi connectivity index (χ2v) is 1.83. The van der Waals surface area contributed by atoms with E-state index in [4.69, 9.17) is 9.84 Å². The summed E-state index contributed by atoms with van der Waals surface area (Å²) in [5.74, 6) is 0. The topological polar surface area (TPSA) is 29.5 Å². The van der Waals surface area contributed by atoms with Gasteiger partial charge in [0.1, 0.15) is 6.61 Å². The molecule has 0 rings (SSSR count). The summed E-state index contributed by atoms with van der Waals surface area (Å²) in [6.07, 6.45) is 0.931. The van der Waals surface area contributed by atoms with Crippen LogP contribution < -0.4 is 0 Å². The second-order valence-electron chi connectivity index (χ2n) is 1.38. The van der Waals surface area contributed by atoms with Crippen molar-refractivity contribution in [3.05, 3.63) is 0 Å². The average molecular weight is 134 g/mol. The van der Waals surface area contributed by atoms with E-state index in [9.17, 15) is 0 Å². The Labute approximate surface area is 54.5 Å². The highest BCUT2D eigenvalue weighted by atomic mass is 32.1. The Balaban J connectivity index is 2.99. The van der Waals surface area contributed by atoms with Gasteiger partial charge in [0.05, 0.1) is 6.61 Å². The smallest absolute Gasteiger partial charge is 0.185 e. The first-order chi connectivity index (χ1) is 3.81. The zero-order chi connectivity index (χ0) is 6.41. The molecule has 0 saturated heterocycles. The van der Waals surface area contributed by atoms with E-state index >= 15 is 0 Å². The molecule has 0 fully saturated rings. The van der Waals surface area contributed by atoms with E-state index in [1.54, 1.807) is 0 Å². The van der Waals surface area contributed by atoms with Gasteiger partial charge in [0.15, 0.2) is 5.05 Å². The van der Waals surface area contributed by atoms with Crippen LogP contribution in [-0.4, -0.2) is 23.4 Å². The van der Waals surface area contributed by atoms with Crippen molar-refractivity contribution in [2.75, 3.05) is 13.2 Å². The van der Waals surface area contributed by atoms with Crippen LogP contribution in [0.25, 0.3) is 0 Å². The summed E-state index contributed by atoms with van der Waals surface area (Å²) in [5.41, 5.74) is 0. The number of ether oxygens (including phenoxy) is 1. The first kappa shape index (κ1) is 7.85. The molecular formula is C5H10O2S. The molecule has 0 aromatic heterocycles. The lowest BCUT2D eigenvalue weighted by atomic mass is 10.5. The molecule has 48 valence electrons. The van der Waals surface area contributed by atoms with Crippen LogP contribution in [0.4, 0.5) is 0 Å². The average Bonchev–Trinajstić information content (AvgIpc) is 1.83. The van der Waals surface area contributed by atoms with E-state index in [0.717, 1.165) is 6.42 Å². The van der Waals surface area contributed by atoms with Crippen molar-refractivity contribution in [3.63, 3.8) is 0 Å². The number of rotatable bonds is 3. The minimum atomic E-state index is -0.144. The van der Waals surface area contributed by atoms with Crippen LogP contribution >= 0.6 is 12.2 Å². The lowest BCUT2D eigenvalue weighted by Gasteiger charge is -2.00. The fourth-order valence-electron chi connectivity index (χ4n) is 0.262. The fraction of sp³-hybridized carbons (Fsp3) is 0.800. The molecule has 0 aromatic rings. The SMILES string of the molecule is CCCOC(=S)CO. The predicted octanol–water partition coefficient (Wildman–Crippen LogP) is 0.733. The Bertz CT molecular complexity index is 72.8. The molecule has 3 heteroatoms. The molecule has 0 atom stereocenters. The van der Waals surface area contributed by atoms with E-state index < -0.39 is 0 Å². The molecule has 0 unspecified atom stereocenters. The third-order valence-electron chi connectivity index (χ3n) is 0.596. The molecule has 0 aliphatic heterocycles. The van der Waals surface area contributed by atoms with Crippen LogP contribution in [0.15, 0.2) is 0 Å². The van der Waals surface area contributed by atoms with E-state index in [-0.39, 0.29) is 11.7 Å². The molecular weight excluding hydrogens is 124 g/mol. The zero-order valence-corrected chi connectivity index (χ0v) is 5.70. The molecule has 0 saturated carbocycles. The van der Waals surface area contributed by atoms with Gasteiger partial charge in [0.2, 0.25) is 0 Å². The Kier molecular flexibility index (Phi) is 4.90. The van der Waals surface area contributed by atoms with Crippen molar-refractivity contribution < 1.29 is 9.84 Å². The highest BCUT2D eigenvalue weighted by molar-refractivity contribution is 7.80. The Morgan fingerprint density at radius 2 is 2.38 bits per heavy atom. The normalized spacial score (nSPS) is 8.75. The van der Waals surface area contributed by atoms with E-state index in [1.807, 2.05) is 6.92 Å². The number of hydrogen-bond acceptors (Lipinski definition) is 3. The molecule has 0 amide bonds. The quantitative estimate of drug-likeness (QED) is 0.577. The van der Waals surface area contributed by atoms with Crippen LogP contribution in [0.3, 0.4) is 0 Å². The van der Waals surface area contributed by atoms with Crippen LogP contribution in [0.1, 0.15) is 13.3 Å². The van der Waals surface area contributed by atoms with Gasteiger partial charge < -0.3 is 9.84 Å². The molecule has 0 spiro atoms. The summed E-state index contributed by atoms with van der Waals surface area (Å²) < 4.78 is 4.82. The van der Waals surface area contributed by atoms with Crippen molar-refractivity contribution in [1.82, 2.24) is 0 Å². The Hall–Kier alpha value is -0.150. The maximum atomic E-state index is 8.30. The summed E-state index contributed by atoms with van der Waals surface area (Å²) >= 11 is 4.55. The minimum Gasteiger partial charge on any atom is -0.485 e. The summed E-state index contributed by atoms with van der Waals surface area (Å²) in [6, 6.07) is 0. The van der Waals surface area contributed by atoms with Crippen molar-refractivity contribution in [2.24, 2.45) is 0 Å². The summed E-state index contributed by atoms with van der Waals surface area (Å²) in [6.45, 7) is 2.45. The Morgan fingerprint density at radius 3 is 2.75 bits per heavy atom. The molecule has 2 nitrogen and oxygen atoms in total. The molecule has 0 aliphatic rings. The van der Waals surface area contributed by atoms with Gasteiger partial charge in [-0.1, -0.05) is 6.92 Å². The summed E-state index contributed by atoms with van der Waals surface area (Å²) in [7, 11) is 0. The van der Waals surface area contributed by atoms with E-state index in [1.165, 1.54) is 0 Å². The number of aliphatic hydroxyl groups is 1.